The molecule has 0 bridgehead atoms. The standard InChI is InChI=1S/C12H11NS/c1-2-11-10(7-8-13)9-5-3-4-6-12(9)14-11/h3-6H,2,7H2,1H3. The van der Waals surface area contributed by atoms with Crippen LogP contribution in [0.4, 0.5) is 0 Å². The van der Waals surface area contributed by atoms with Crippen LogP contribution in [0.5, 0.6) is 0 Å². The van der Waals surface area contributed by atoms with Gasteiger partial charge in [-0.15, -0.1) is 11.3 Å². The van der Waals surface area contributed by atoms with Crippen molar-refractivity contribution < 1.29 is 0 Å². The number of benzene rings is 1. The topological polar surface area (TPSA) is 23.8 Å². The van der Waals surface area contributed by atoms with Crippen LogP contribution in [0.15, 0.2) is 24.3 Å². The molecule has 70 valence electrons. The molecule has 0 spiro atoms. The fourth-order valence-electron chi connectivity index (χ4n) is 1.71. The zero-order chi connectivity index (χ0) is 9.97. The number of fused-ring (bicyclic) bond motifs is 1. The van der Waals surface area contributed by atoms with Crippen LogP contribution in [0.3, 0.4) is 0 Å². The molecule has 0 atom stereocenters. The lowest BCUT2D eigenvalue weighted by Crippen LogP contribution is -1.84. The second-order valence-corrected chi connectivity index (χ2v) is 4.33. The molecule has 0 aliphatic carbocycles. The maximum atomic E-state index is 8.77. The molecule has 2 rings (SSSR count). The van der Waals surface area contributed by atoms with E-state index in [1.54, 1.807) is 0 Å². The Morgan fingerprint density at radius 3 is 2.86 bits per heavy atom. The van der Waals surface area contributed by atoms with Crippen LogP contribution >= 0.6 is 11.3 Å². The highest BCUT2D eigenvalue weighted by Gasteiger charge is 2.09. The summed E-state index contributed by atoms with van der Waals surface area (Å²) in [6.45, 7) is 2.14. The highest BCUT2D eigenvalue weighted by atomic mass is 32.1. The van der Waals surface area contributed by atoms with E-state index in [1.807, 2.05) is 17.4 Å². The monoisotopic (exact) mass is 201 g/mol. The van der Waals surface area contributed by atoms with Gasteiger partial charge in [0.25, 0.3) is 0 Å². The van der Waals surface area contributed by atoms with Crippen LogP contribution < -0.4 is 0 Å². The van der Waals surface area contributed by atoms with E-state index in [-0.39, 0.29) is 0 Å². The Labute approximate surface area is 87.6 Å². The lowest BCUT2D eigenvalue weighted by Gasteiger charge is -1.95. The van der Waals surface area contributed by atoms with E-state index in [1.165, 1.54) is 20.5 Å². The third-order valence-corrected chi connectivity index (χ3v) is 3.72. The maximum absolute atomic E-state index is 8.77. The van der Waals surface area contributed by atoms with Crippen molar-refractivity contribution in [1.29, 1.82) is 5.26 Å². The lowest BCUT2D eigenvalue weighted by molar-refractivity contribution is 1.13. The van der Waals surface area contributed by atoms with Crippen LogP contribution in [-0.4, -0.2) is 0 Å². The molecular formula is C12H11NS. The van der Waals surface area contributed by atoms with Gasteiger partial charge in [-0.1, -0.05) is 25.1 Å². The average Bonchev–Trinajstić information content (AvgIpc) is 2.58. The minimum atomic E-state index is 0.535. The van der Waals surface area contributed by atoms with Gasteiger partial charge in [-0.3, -0.25) is 0 Å². The number of nitrogens with zero attached hydrogens (tertiary/aromatic N) is 1. The summed E-state index contributed by atoms with van der Waals surface area (Å²) in [6, 6.07) is 10.6. The number of nitriles is 1. The highest BCUT2D eigenvalue weighted by molar-refractivity contribution is 7.19. The summed E-state index contributed by atoms with van der Waals surface area (Å²) in [5, 5.41) is 10.0. The van der Waals surface area contributed by atoms with Gasteiger partial charge in [0.15, 0.2) is 0 Å². The van der Waals surface area contributed by atoms with Crippen LogP contribution in [0.1, 0.15) is 17.4 Å². The largest absolute Gasteiger partial charge is 0.198 e. The Morgan fingerprint density at radius 1 is 1.36 bits per heavy atom. The van der Waals surface area contributed by atoms with Gasteiger partial charge in [-0.25, -0.2) is 0 Å². The van der Waals surface area contributed by atoms with Gasteiger partial charge in [0.1, 0.15) is 0 Å². The molecule has 0 amide bonds. The molecule has 0 unspecified atom stereocenters. The van der Waals surface area contributed by atoms with E-state index in [9.17, 15) is 0 Å². The third kappa shape index (κ3) is 1.40. The van der Waals surface area contributed by atoms with E-state index in [0.717, 1.165) is 6.42 Å². The van der Waals surface area contributed by atoms with Crippen LogP contribution in [0.25, 0.3) is 10.1 Å². The fourth-order valence-corrected chi connectivity index (χ4v) is 2.87. The molecule has 2 aromatic rings. The maximum Gasteiger partial charge on any atom is 0.0670 e. The molecule has 0 saturated carbocycles. The summed E-state index contributed by atoms with van der Waals surface area (Å²) in [5.74, 6) is 0. The molecule has 0 saturated heterocycles. The van der Waals surface area contributed by atoms with Gasteiger partial charge in [-0.05, 0) is 23.4 Å². The smallest absolute Gasteiger partial charge is 0.0670 e. The summed E-state index contributed by atoms with van der Waals surface area (Å²) >= 11 is 1.81. The molecule has 14 heavy (non-hydrogen) atoms. The normalized spacial score (nSPS) is 10.3. The van der Waals surface area contributed by atoms with Gasteiger partial charge >= 0.3 is 0 Å². The first-order valence-corrected chi connectivity index (χ1v) is 5.54. The number of thiophene rings is 1. The van der Waals surface area contributed by atoms with E-state index < -0.39 is 0 Å². The first kappa shape index (κ1) is 9.23. The molecule has 0 aliphatic rings. The lowest BCUT2D eigenvalue weighted by atomic mass is 10.1. The highest BCUT2D eigenvalue weighted by Crippen LogP contribution is 2.31. The number of hydrogen-bond acceptors (Lipinski definition) is 2. The number of aryl methyl sites for hydroxylation is 1. The van der Waals surface area contributed by atoms with E-state index >= 15 is 0 Å². The van der Waals surface area contributed by atoms with Crippen molar-refractivity contribution in [3.05, 3.63) is 34.7 Å². The van der Waals surface area contributed by atoms with Crippen molar-refractivity contribution in [3.63, 3.8) is 0 Å². The quantitative estimate of drug-likeness (QED) is 0.729. The molecule has 0 radical (unpaired) electrons. The molecule has 1 aromatic carbocycles. The molecular weight excluding hydrogens is 190 g/mol. The van der Waals surface area contributed by atoms with Crippen LogP contribution in [0, 0.1) is 11.3 Å². The Kier molecular flexibility index (Phi) is 2.51. The summed E-state index contributed by atoms with van der Waals surface area (Å²) < 4.78 is 1.30. The summed E-state index contributed by atoms with van der Waals surface area (Å²) in [7, 11) is 0. The zero-order valence-corrected chi connectivity index (χ0v) is 8.90. The van der Waals surface area contributed by atoms with E-state index in [4.69, 9.17) is 5.26 Å². The second-order valence-electron chi connectivity index (χ2n) is 3.19. The van der Waals surface area contributed by atoms with Crippen molar-refractivity contribution in [2.24, 2.45) is 0 Å². The fraction of sp³-hybridized carbons (Fsp3) is 0.250. The Bertz CT molecular complexity index is 490. The molecule has 0 fully saturated rings. The predicted octanol–water partition coefficient (Wildman–Crippen LogP) is 3.53. The van der Waals surface area contributed by atoms with Gasteiger partial charge in [0.2, 0.25) is 0 Å². The van der Waals surface area contributed by atoms with E-state index in [2.05, 4.69) is 31.2 Å². The Morgan fingerprint density at radius 2 is 2.14 bits per heavy atom. The first-order chi connectivity index (χ1) is 6.86. The summed E-state index contributed by atoms with van der Waals surface area (Å²) in [6.07, 6.45) is 1.56. The minimum Gasteiger partial charge on any atom is -0.198 e. The van der Waals surface area contributed by atoms with Crippen molar-refractivity contribution >= 4 is 21.4 Å². The zero-order valence-electron chi connectivity index (χ0n) is 8.08. The van der Waals surface area contributed by atoms with Crippen molar-refractivity contribution in [2.45, 2.75) is 19.8 Å². The van der Waals surface area contributed by atoms with Crippen LogP contribution in [0.2, 0.25) is 0 Å². The van der Waals surface area contributed by atoms with Crippen molar-refractivity contribution in [3.8, 4) is 6.07 Å². The molecule has 0 N–H and O–H groups in total. The summed E-state index contributed by atoms with van der Waals surface area (Å²) in [5.41, 5.74) is 1.23. The number of rotatable bonds is 2. The molecule has 0 aliphatic heterocycles. The average molecular weight is 201 g/mol. The minimum absolute atomic E-state index is 0.535. The van der Waals surface area contributed by atoms with Gasteiger partial charge < -0.3 is 0 Å². The third-order valence-electron chi connectivity index (χ3n) is 2.36. The second kappa shape index (κ2) is 3.81. The van der Waals surface area contributed by atoms with Gasteiger partial charge in [0.05, 0.1) is 12.5 Å². The molecule has 1 aromatic heterocycles. The van der Waals surface area contributed by atoms with Crippen molar-refractivity contribution in [1.82, 2.24) is 0 Å². The van der Waals surface area contributed by atoms with Crippen LogP contribution in [-0.2, 0) is 12.8 Å². The van der Waals surface area contributed by atoms with E-state index in [0.29, 0.717) is 6.42 Å². The van der Waals surface area contributed by atoms with Gasteiger partial charge in [0, 0.05) is 9.58 Å². The summed E-state index contributed by atoms with van der Waals surface area (Å²) in [4.78, 5) is 1.35. The SMILES string of the molecule is CCc1sc2ccccc2c1CC#N. The molecule has 1 nitrogen and oxygen atoms in total. The predicted molar refractivity (Wildman–Crippen MR) is 60.5 cm³/mol. The molecule has 1 heterocycles. The van der Waals surface area contributed by atoms with Gasteiger partial charge in [-0.2, -0.15) is 5.26 Å². The number of hydrogen-bond donors (Lipinski definition) is 0. The van der Waals surface area contributed by atoms with Crippen molar-refractivity contribution in [2.75, 3.05) is 0 Å². The Hall–Kier alpha value is -1.33. The molecule has 2 heteroatoms. The Balaban J connectivity index is 2.69. The first-order valence-electron chi connectivity index (χ1n) is 4.73.